The van der Waals surface area contributed by atoms with E-state index in [0.29, 0.717) is 11.5 Å². The standard InChI is InChI=1S/C14H22FNO/c1-11(10-17)6-5-9-16-12(2)13-7-3-4-8-14(13)15/h3-4,7-8,11-12,16-17H,5-6,9-10H2,1-2H3. The van der Waals surface area contributed by atoms with E-state index in [1.807, 2.05) is 26.0 Å². The van der Waals surface area contributed by atoms with Crippen LogP contribution in [0.25, 0.3) is 0 Å². The molecule has 0 spiro atoms. The first-order valence-electron chi connectivity index (χ1n) is 6.23. The van der Waals surface area contributed by atoms with Crippen molar-refractivity contribution in [2.45, 2.75) is 32.7 Å². The summed E-state index contributed by atoms with van der Waals surface area (Å²) in [4.78, 5) is 0. The summed E-state index contributed by atoms with van der Waals surface area (Å²) >= 11 is 0. The summed E-state index contributed by atoms with van der Waals surface area (Å²) in [6.07, 6.45) is 1.99. The van der Waals surface area contributed by atoms with Crippen LogP contribution in [0.5, 0.6) is 0 Å². The van der Waals surface area contributed by atoms with Crippen molar-refractivity contribution < 1.29 is 9.50 Å². The molecule has 1 rings (SSSR count). The van der Waals surface area contributed by atoms with Crippen molar-refractivity contribution in [3.05, 3.63) is 35.6 Å². The molecule has 1 aromatic carbocycles. The number of nitrogens with one attached hydrogen (secondary N) is 1. The molecule has 0 radical (unpaired) electrons. The van der Waals surface area contributed by atoms with Crippen molar-refractivity contribution in [2.24, 2.45) is 5.92 Å². The molecule has 96 valence electrons. The van der Waals surface area contributed by atoms with Gasteiger partial charge in [-0.3, -0.25) is 0 Å². The first-order chi connectivity index (χ1) is 8.15. The highest BCUT2D eigenvalue weighted by Crippen LogP contribution is 2.16. The van der Waals surface area contributed by atoms with Gasteiger partial charge in [0.05, 0.1) is 0 Å². The Morgan fingerprint density at radius 1 is 1.29 bits per heavy atom. The van der Waals surface area contributed by atoms with Crippen LogP contribution in [0.1, 0.15) is 38.3 Å². The number of benzene rings is 1. The number of rotatable bonds is 7. The normalized spacial score (nSPS) is 14.6. The minimum absolute atomic E-state index is 0.0284. The highest BCUT2D eigenvalue weighted by Gasteiger charge is 2.09. The molecule has 0 aliphatic rings. The lowest BCUT2D eigenvalue weighted by atomic mass is 10.1. The molecule has 17 heavy (non-hydrogen) atoms. The van der Waals surface area contributed by atoms with Gasteiger partial charge < -0.3 is 10.4 Å². The van der Waals surface area contributed by atoms with Gasteiger partial charge >= 0.3 is 0 Å². The van der Waals surface area contributed by atoms with Crippen LogP contribution in [0.2, 0.25) is 0 Å². The van der Waals surface area contributed by atoms with Crippen LogP contribution < -0.4 is 5.32 Å². The average molecular weight is 239 g/mol. The number of aliphatic hydroxyl groups is 1. The zero-order valence-corrected chi connectivity index (χ0v) is 10.6. The molecule has 0 heterocycles. The molecule has 2 N–H and O–H groups in total. The third kappa shape index (κ3) is 4.84. The van der Waals surface area contributed by atoms with Crippen molar-refractivity contribution in [1.29, 1.82) is 0 Å². The molecule has 2 nitrogen and oxygen atoms in total. The fourth-order valence-corrected chi connectivity index (χ4v) is 1.80. The second-order valence-corrected chi connectivity index (χ2v) is 4.63. The quantitative estimate of drug-likeness (QED) is 0.717. The highest BCUT2D eigenvalue weighted by molar-refractivity contribution is 5.20. The second-order valence-electron chi connectivity index (χ2n) is 4.63. The van der Waals surface area contributed by atoms with Crippen molar-refractivity contribution in [1.82, 2.24) is 5.32 Å². The van der Waals surface area contributed by atoms with Gasteiger partial charge in [0.2, 0.25) is 0 Å². The van der Waals surface area contributed by atoms with Gasteiger partial charge in [-0.25, -0.2) is 4.39 Å². The van der Waals surface area contributed by atoms with E-state index in [0.717, 1.165) is 19.4 Å². The van der Waals surface area contributed by atoms with Gasteiger partial charge in [-0.1, -0.05) is 25.1 Å². The summed E-state index contributed by atoms with van der Waals surface area (Å²) in [5, 5.41) is 12.2. The maximum absolute atomic E-state index is 13.5. The molecule has 0 aliphatic heterocycles. The number of hydrogen-bond donors (Lipinski definition) is 2. The van der Waals surface area contributed by atoms with E-state index >= 15 is 0 Å². The van der Waals surface area contributed by atoms with E-state index in [4.69, 9.17) is 5.11 Å². The van der Waals surface area contributed by atoms with Gasteiger partial charge in [0, 0.05) is 18.2 Å². The lowest BCUT2D eigenvalue weighted by Gasteiger charge is -2.15. The van der Waals surface area contributed by atoms with Gasteiger partial charge in [0.25, 0.3) is 0 Å². The minimum Gasteiger partial charge on any atom is -0.396 e. The smallest absolute Gasteiger partial charge is 0.127 e. The van der Waals surface area contributed by atoms with Crippen LogP contribution in [-0.2, 0) is 0 Å². The van der Waals surface area contributed by atoms with Crippen LogP contribution >= 0.6 is 0 Å². The van der Waals surface area contributed by atoms with Gasteiger partial charge in [0.1, 0.15) is 5.82 Å². The van der Waals surface area contributed by atoms with Crippen LogP contribution in [0.15, 0.2) is 24.3 Å². The summed E-state index contributed by atoms with van der Waals surface area (Å²) in [5.74, 6) is 0.191. The highest BCUT2D eigenvalue weighted by atomic mass is 19.1. The Balaban J connectivity index is 2.30. The first kappa shape index (κ1) is 14.1. The van der Waals surface area contributed by atoms with Crippen molar-refractivity contribution in [3.63, 3.8) is 0 Å². The molecule has 0 aromatic heterocycles. The van der Waals surface area contributed by atoms with Crippen LogP contribution in [0.3, 0.4) is 0 Å². The maximum atomic E-state index is 13.5. The Kier molecular flexibility index (Phi) is 6.16. The van der Waals surface area contributed by atoms with E-state index in [-0.39, 0.29) is 18.5 Å². The average Bonchev–Trinajstić information content (AvgIpc) is 2.34. The fraction of sp³-hybridized carbons (Fsp3) is 0.571. The largest absolute Gasteiger partial charge is 0.396 e. The first-order valence-corrected chi connectivity index (χ1v) is 6.23. The fourth-order valence-electron chi connectivity index (χ4n) is 1.80. The molecule has 1 aromatic rings. The SMILES string of the molecule is CC(CO)CCCNC(C)c1ccccc1F. The third-order valence-corrected chi connectivity index (χ3v) is 3.01. The summed E-state index contributed by atoms with van der Waals surface area (Å²) < 4.78 is 13.5. The number of hydrogen-bond acceptors (Lipinski definition) is 2. The zero-order valence-electron chi connectivity index (χ0n) is 10.6. The van der Waals surface area contributed by atoms with Gasteiger partial charge in [-0.05, 0) is 38.3 Å². The Hall–Kier alpha value is -0.930. The summed E-state index contributed by atoms with van der Waals surface area (Å²) in [7, 11) is 0. The Morgan fingerprint density at radius 3 is 2.65 bits per heavy atom. The molecule has 0 saturated heterocycles. The number of aliphatic hydroxyl groups excluding tert-OH is 1. The third-order valence-electron chi connectivity index (χ3n) is 3.01. The summed E-state index contributed by atoms with van der Waals surface area (Å²) in [6, 6.07) is 6.88. The van der Waals surface area contributed by atoms with E-state index in [1.165, 1.54) is 6.07 Å². The molecule has 0 fully saturated rings. The van der Waals surface area contributed by atoms with Gasteiger partial charge in [-0.2, -0.15) is 0 Å². The van der Waals surface area contributed by atoms with E-state index in [1.54, 1.807) is 6.07 Å². The van der Waals surface area contributed by atoms with Gasteiger partial charge in [-0.15, -0.1) is 0 Å². The number of halogens is 1. The molecule has 0 saturated carbocycles. The van der Waals surface area contributed by atoms with E-state index in [9.17, 15) is 4.39 Å². The predicted octanol–water partition coefficient (Wildman–Crippen LogP) is 2.88. The monoisotopic (exact) mass is 239 g/mol. The van der Waals surface area contributed by atoms with Crippen LogP contribution in [0, 0.1) is 11.7 Å². The zero-order chi connectivity index (χ0) is 12.7. The summed E-state index contributed by atoms with van der Waals surface area (Å²) in [5.41, 5.74) is 0.711. The Labute approximate surface area is 103 Å². The van der Waals surface area contributed by atoms with E-state index < -0.39 is 0 Å². The van der Waals surface area contributed by atoms with Gasteiger partial charge in [0.15, 0.2) is 0 Å². The maximum Gasteiger partial charge on any atom is 0.127 e. The van der Waals surface area contributed by atoms with Crippen molar-refractivity contribution >= 4 is 0 Å². The Bertz CT molecular complexity index is 330. The molecule has 0 amide bonds. The molecule has 3 heteroatoms. The Morgan fingerprint density at radius 2 is 2.00 bits per heavy atom. The topological polar surface area (TPSA) is 32.3 Å². The van der Waals surface area contributed by atoms with Crippen LogP contribution in [0.4, 0.5) is 4.39 Å². The summed E-state index contributed by atoms with van der Waals surface area (Å²) in [6.45, 7) is 5.08. The lowest BCUT2D eigenvalue weighted by molar-refractivity contribution is 0.227. The van der Waals surface area contributed by atoms with Crippen molar-refractivity contribution in [3.8, 4) is 0 Å². The van der Waals surface area contributed by atoms with Crippen molar-refractivity contribution in [2.75, 3.05) is 13.2 Å². The van der Waals surface area contributed by atoms with Crippen LogP contribution in [-0.4, -0.2) is 18.3 Å². The minimum atomic E-state index is -0.156. The molecule has 2 atom stereocenters. The van der Waals surface area contributed by atoms with E-state index in [2.05, 4.69) is 5.32 Å². The second kappa shape index (κ2) is 7.41. The molecular weight excluding hydrogens is 217 g/mol. The molecule has 0 bridgehead atoms. The molecule has 2 unspecified atom stereocenters. The molecule has 0 aliphatic carbocycles. The lowest BCUT2D eigenvalue weighted by Crippen LogP contribution is -2.21. The molecular formula is C14H22FNO. The predicted molar refractivity (Wildman–Crippen MR) is 68.3 cm³/mol.